The van der Waals surface area contributed by atoms with Crippen LogP contribution in [0.25, 0.3) is 0 Å². The van der Waals surface area contributed by atoms with Crippen LogP contribution in [0.3, 0.4) is 0 Å². The molecule has 2 fully saturated rings. The molecule has 2 saturated heterocycles. The molecule has 2 bridgehead atoms. The molecule has 2 unspecified atom stereocenters. The number of hydrogen-bond donors (Lipinski definition) is 1. The summed E-state index contributed by atoms with van der Waals surface area (Å²) in [7, 11) is 0. The predicted molar refractivity (Wildman–Crippen MR) is 73.7 cm³/mol. The summed E-state index contributed by atoms with van der Waals surface area (Å²) in [6.45, 7) is 6.45. The van der Waals surface area contributed by atoms with E-state index < -0.39 is 0 Å². The number of hydrogen-bond acceptors (Lipinski definition) is 2. The average molecular weight is 244 g/mol. The van der Waals surface area contributed by atoms with Crippen molar-refractivity contribution >= 4 is 0 Å². The van der Waals surface area contributed by atoms with Gasteiger partial charge < -0.3 is 10.1 Å². The van der Waals surface area contributed by atoms with Gasteiger partial charge in [-0.2, -0.15) is 0 Å². The number of ether oxygens (including phenoxy) is 1. The van der Waals surface area contributed by atoms with Gasteiger partial charge in [0.2, 0.25) is 0 Å². The summed E-state index contributed by atoms with van der Waals surface area (Å²) in [6, 6.07) is 6.58. The Morgan fingerprint density at radius 2 is 1.89 bits per heavy atom. The van der Waals surface area contributed by atoms with Crippen molar-refractivity contribution in [1.82, 2.24) is 5.32 Å². The summed E-state index contributed by atoms with van der Waals surface area (Å²) in [5.74, 6) is 1.10. The number of fused-ring (bicyclic) bond motifs is 2. The molecule has 0 amide bonds. The lowest BCUT2D eigenvalue weighted by Gasteiger charge is -2.30. The molecule has 18 heavy (non-hydrogen) atoms. The van der Waals surface area contributed by atoms with Gasteiger partial charge in [-0.3, -0.25) is 0 Å². The fourth-order valence-corrected chi connectivity index (χ4v) is 3.40. The van der Waals surface area contributed by atoms with Crippen LogP contribution in [0.4, 0.5) is 0 Å². The number of rotatable bonds is 2. The van der Waals surface area contributed by atoms with Crippen molar-refractivity contribution < 1.29 is 4.74 Å². The third-order valence-electron chi connectivity index (χ3n) is 4.11. The van der Waals surface area contributed by atoms with E-state index in [1.807, 2.05) is 0 Å². The van der Waals surface area contributed by atoms with Crippen molar-refractivity contribution in [2.24, 2.45) is 0 Å². The van der Waals surface area contributed by atoms with Crippen molar-refractivity contribution in [3.8, 4) is 5.75 Å². The van der Waals surface area contributed by atoms with E-state index in [2.05, 4.69) is 38.2 Å². The quantitative estimate of drug-likeness (QED) is 0.860. The minimum absolute atomic E-state index is 0.369. The first-order valence-corrected chi connectivity index (χ1v) is 6.97. The Morgan fingerprint density at radius 1 is 1.17 bits per heavy atom. The van der Waals surface area contributed by atoms with Crippen LogP contribution >= 0.6 is 0 Å². The zero-order valence-corrected chi connectivity index (χ0v) is 11.5. The standard InChI is InChI=1S/C16H22NO/c1-10-6-11(2)16(12(3)7-10)18-15-8-13-4-5-14(9-15)17-13/h6-7,13,15,17H,4-5,8-9H2,1-3H3. The minimum atomic E-state index is 0.369. The summed E-state index contributed by atoms with van der Waals surface area (Å²) < 4.78 is 6.29. The highest BCUT2D eigenvalue weighted by molar-refractivity contribution is 5.43. The Hall–Kier alpha value is -1.02. The highest BCUT2D eigenvalue weighted by Gasteiger charge is 2.35. The van der Waals surface area contributed by atoms with Gasteiger partial charge in [0.1, 0.15) is 11.9 Å². The second-order valence-corrected chi connectivity index (χ2v) is 5.89. The van der Waals surface area contributed by atoms with Crippen LogP contribution in [0.1, 0.15) is 42.4 Å². The normalized spacial score (nSPS) is 27.5. The summed E-state index contributed by atoms with van der Waals surface area (Å²) in [4.78, 5) is 0. The smallest absolute Gasteiger partial charge is 0.125 e. The molecule has 0 saturated carbocycles. The van der Waals surface area contributed by atoms with Crippen molar-refractivity contribution in [1.29, 1.82) is 0 Å². The van der Waals surface area contributed by atoms with Crippen molar-refractivity contribution in [3.05, 3.63) is 34.9 Å². The number of piperidine rings is 1. The first kappa shape index (κ1) is 12.0. The largest absolute Gasteiger partial charge is 0.490 e. The topological polar surface area (TPSA) is 21.3 Å². The molecule has 1 radical (unpaired) electrons. The lowest BCUT2D eigenvalue weighted by atomic mass is 10.0. The van der Waals surface area contributed by atoms with Crippen LogP contribution in [-0.2, 0) is 0 Å². The number of benzene rings is 1. The van der Waals surface area contributed by atoms with Gasteiger partial charge >= 0.3 is 0 Å². The van der Waals surface area contributed by atoms with Crippen LogP contribution in [0, 0.1) is 26.8 Å². The van der Waals surface area contributed by atoms with Crippen molar-refractivity contribution in [2.45, 2.75) is 58.6 Å². The Labute approximate surface area is 110 Å². The SMILES string of the molecule is Cc1cc(C)c(OC2C[C]3CCC(C2)N3)c(C)c1. The van der Waals surface area contributed by atoms with Gasteiger partial charge in [0.15, 0.2) is 0 Å². The second kappa shape index (κ2) is 4.58. The van der Waals surface area contributed by atoms with Crippen molar-refractivity contribution in [2.75, 3.05) is 0 Å². The average Bonchev–Trinajstić information content (AvgIpc) is 2.63. The third kappa shape index (κ3) is 2.26. The van der Waals surface area contributed by atoms with E-state index in [0.717, 1.165) is 18.6 Å². The fraction of sp³-hybridized carbons (Fsp3) is 0.562. The molecule has 0 aromatic heterocycles. The summed E-state index contributed by atoms with van der Waals surface area (Å²) in [6.07, 6.45) is 5.14. The van der Waals surface area contributed by atoms with Crippen LogP contribution in [-0.4, -0.2) is 12.1 Å². The Bertz CT molecular complexity index is 419. The number of nitrogens with one attached hydrogen (secondary N) is 1. The summed E-state index contributed by atoms with van der Waals surface area (Å²) in [5.41, 5.74) is 3.85. The molecule has 2 atom stereocenters. The van der Waals surface area contributed by atoms with E-state index in [1.165, 1.54) is 35.6 Å². The van der Waals surface area contributed by atoms with E-state index in [1.54, 1.807) is 0 Å². The van der Waals surface area contributed by atoms with Gasteiger partial charge in [-0.25, -0.2) is 0 Å². The maximum absolute atomic E-state index is 6.29. The molecule has 97 valence electrons. The molecule has 2 heterocycles. The van der Waals surface area contributed by atoms with Crippen molar-refractivity contribution in [3.63, 3.8) is 0 Å². The second-order valence-electron chi connectivity index (χ2n) is 5.89. The highest BCUT2D eigenvalue weighted by atomic mass is 16.5. The van der Waals surface area contributed by atoms with Gasteiger partial charge in [-0.15, -0.1) is 0 Å². The summed E-state index contributed by atoms with van der Waals surface area (Å²) >= 11 is 0. The molecule has 0 aliphatic carbocycles. The van der Waals surface area contributed by atoms with E-state index in [4.69, 9.17) is 4.74 Å². The fourth-order valence-electron chi connectivity index (χ4n) is 3.40. The van der Waals surface area contributed by atoms with Gasteiger partial charge in [0, 0.05) is 18.5 Å². The van der Waals surface area contributed by atoms with E-state index in [0.29, 0.717) is 12.1 Å². The first-order valence-electron chi connectivity index (χ1n) is 6.97. The van der Waals surface area contributed by atoms with Crippen LogP contribution in [0.15, 0.2) is 12.1 Å². The molecule has 2 aliphatic rings. The van der Waals surface area contributed by atoms with Gasteiger partial charge in [0.25, 0.3) is 0 Å². The molecule has 1 N–H and O–H groups in total. The molecule has 2 heteroatoms. The van der Waals surface area contributed by atoms with Gasteiger partial charge in [0.05, 0.1) is 0 Å². The minimum Gasteiger partial charge on any atom is -0.490 e. The lowest BCUT2D eigenvalue weighted by Crippen LogP contribution is -2.38. The van der Waals surface area contributed by atoms with Crippen LogP contribution in [0.5, 0.6) is 5.75 Å². The zero-order chi connectivity index (χ0) is 12.7. The Balaban J connectivity index is 1.77. The van der Waals surface area contributed by atoms with Gasteiger partial charge in [-0.1, -0.05) is 17.7 Å². The molecule has 3 rings (SSSR count). The molecule has 0 spiro atoms. The van der Waals surface area contributed by atoms with Crippen LogP contribution < -0.4 is 10.1 Å². The lowest BCUT2D eigenvalue weighted by molar-refractivity contribution is 0.153. The Morgan fingerprint density at radius 3 is 2.56 bits per heavy atom. The summed E-state index contributed by atoms with van der Waals surface area (Å²) in [5, 5.41) is 3.58. The molecule has 1 aromatic carbocycles. The molecular formula is C16H22NO. The first-order chi connectivity index (χ1) is 8.61. The predicted octanol–water partition coefficient (Wildman–Crippen LogP) is 3.44. The van der Waals surface area contributed by atoms with Crippen LogP contribution in [0.2, 0.25) is 0 Å². The molecule has 1 aromatic rings. The Kier molecular flexibility index (Phi) is 3.06. The highest BCUT2D eigenvalue weighted by Crippen LogP contribution is 2.35. The maximum atomic E-state index is 6.29. The molecular weight excluding hydrogens is 222 g/mol. The maximum Gasteiger partial charge on any atom is 0.125 e. The third-order valence-corrected chi connectivity index (χ3v) is 4.11. The van der Waals surface area contributed by atoms with E-state index in [-0.39, 0.29) is 0 Å². The monoisotopic (exact) mass is 244 g/mol. The molecule has 2 aliphatic heterocycles. The van der Waals surface area contributed by atoms with Gasteiger partial charge in [-0.05, 0) is 51.2 Å². The zero-order valence-electron chi connectivity index (χ0n) is 11.5. The number of aryl methyl sites for hydroxylation is 3. The molecule has 2 nitrogen and oxygen atoms in total. The van der Waals surface area contributed by atoms with E-state index in [9.17, 15) is 0 Å². The van der Waals surface area contributed by atoms with E-state index >= 15 is 0 Å².